The van der Waals surface area contributed by atoms with Gasteiger partial charge < -0.3 is 4.40 Å². The molecule has 0 aliphatic heterocycles. The molecule has 0 N–H and O–H groups in total. The molecule has 0 amide bonds. The van der Waals surface area contributed by atoms with Crippen LogP contribution in [0.25, 0.3) is 5.52 Å². The molecule has 0 spiro atoms. The average Bonchev–Trinajstić information content (AvgIpc) is 2.86. The summed E-state index contributed by atoms with van der Waals surface area (Å²) in [4.78, 5) is 23.2. The van der Waals surface area contributed by atoms with E-state index in [4.69, 9.17) is 0 Å². The third-order valence-corrected chi connectivity index (χ3v) is 3.12. The highest BCUT2D eigenvalue weighted by molar-refractivity contribution is 6.13. The Balaban J connectivity index is 2.24. The zero-order chi connectivity index (χ0) is 14.1. The number of hydrogen-bond acceptors (Lipinski definition) is 3. The SMILES string of the molecule is O=C(c1ccccc1)c1cn2ccccc2c1[N+](=O)[O-]. The van der Waals surface area contributed by atoms with E-state index < -0.39 is 4.92 Å². The van der Waals surface area contributed by atoms with Gasteiger partial charge in [-0.05, 0) is 12.1 Å². The van der Waals surface area contributed by atoms with Gasteiger partial charge in [0.05, 0.1) is 4.92 Å². The third-order valence-electron chi connectivity index (χ3n) is 3.12. The van der Waals surface area contributed by atoms with E-state index in [0.29, 0.717) is 11.1 Å². The van der Waals surface area contributed by atoms with Crippen molar-refractivity contribution in [2.24, 2.45) is 0 Å². The summed E-state index contributed by atoms with van der Waals surface area (Å²) in [5.74, 6) is -0.346. The third kappa shape index (κ3) is 1.85. The topological polar surface area (TPSA) is 64.6 Å². The Kier molecular flexibility index (Phi) is 2.80. The molecule has 0 fully saturated rings. The number of hydrogen-bond donors (Lipinski definition) is 0. The predicted molar refractivity (Wildman–Crippen MR) is 73.9 cm³/mol. The van der Waals surface area contributed by atoms with E-state index in [2.05, 4.69) is 0 Å². The Morgan fingerprint density at radius 2 is 1.75 bits per heavy atom. The Bertz CT molecular complexity index is 806. The highest BCUT2D eigenvalue weighted by Gasteiger charge is 2.26. The molecule has 0 aliphatic carbocycles. The van der Waals surface area contributed by atoms with Crippen LogP contribution in [0.3, 0.4) is 0 Å². The molecule has 0 aliphatic rings. The van der Waals surface area contributed by atoms with Crippen LogP contribution in [0.4, 0.5) is 5.69 Å². The van der Waals surface area contributed by atoms with Crippen molar-refractivity contribution in [3.8, 4) is 0 Å². The largest absolute Gasteiger partial charge is 0.317 e. The second-order valence-electron chi connectivity index (χ2n) is 4.34. The van der Waals surface area contributed by atoms with Crippen molar-refractivity contribution in [3.63, 3.8) is 0 Å². The maximum absolute atomic E-state index is 12.4. The lowest BCUT2D eigenvalue weighted by Crippen LogP contribution is -2.02. The Labute approximate surface area is 114 Å². The van der Waals surface area contributed by atoms with Crippen molar-refractivity contribution >= 4 is 17.0 Å². The number of carbonyl (C=O) groups is 1. The lowest BCUT2D eigenvalue weighted by molar-refractivity contribution is -0.383. The number of carbonyl (C=O) groups excluding carboxylic acids is 1. The van der Waals surface area contributed by atoms with Crippen LogP contribution in [0.15, 0.2) is 60.9 Å². The van der Waals surface area contributed by atoms with E-state index in [1.54, 1.807) is 59.1 Å². The zero-order valence-corrected chi connectivity index (χ0v) is 10.4. The summed E-state index contributed by atoms with van der Waals surface area (Å²) in [6.07, 6.45) is 3.19. The summed E-state index contributed by atoms with van der Waals surface area (Å²) < 4.78 is 1.59. The van der Waals surface area contributed by atoms with E-state index >= 15 is 0 Å². The highest BCUT2D eigenvalue weighted by atomic mass is 16.6. The minimum Gasteiger partial charge on any atom is -0.317 e. The summed E-state index contributed by atoms with van der Waals surface area (Å²) in [5.41, 5.74) is 0.801. The summed E-state index contributed by atoms with van der Waals surface area (Å²) in [6.45, 7) is 0. The maximum atomic E-state index is 12.4. The fourth-order valence-corrected chi connectivity index (χ4v) is 2.21. The molecule has 98 valence electrons. The first-order valence-electron chi connectivity index (χ1n) is 6.02. The molecule has 0 saturated carbocycles. The Morgan fingerprint density at radius 1 is 1.05 bits per heavy atom. The lowest BCUT2D eigenvalue weighted by Gasteiger charge is -1.97. The van der Waals surface area contributed by atoms with Gasteiger partial charge in [0.15, 0.2) is 0 Å². The highest BCUT2D eigenvalue weighted by Crippen LogP contribution is 2.28. The molecule has 2 heterocycles. The molecule has 3 rings (SSSR count). The van der Waals surface area contributed by atoms with Crippen molar-refractivity contribution in [1.29, 1.82) is 0 Å². The molecule has 1 aromatic carbocycles. The average molecular weight is 266 g/mol. The number of nitro groups is 1. The van der Waals surface area contributed by atoms with Gasteiger partial charge in [0.2, 0.25) is 5.78 Å². The van der Waals surface area contributed by atoms with Crippen LogP contribution in [0.2, 0.25) is 0 Å². The standard InChI is InChI=1S/C15H10N2O3/c18-15(11-6-2-1-3-7-11)12-10-16-9-5-4-8-13(16)14(12)17(19)20/h1-10H. The maximum Gasteiger partial charge on any atom is 0.305 e. The van der Waals surface area contributed by atoms with Crippen molar-refractivity contribution in [3.05, 3.63) is 82.2 Å². The van der Waals surface area contributed by atoms with E-state index in [1.807, 2.05) is 0 Å². The second kappa shape index (κ2) is 4.62. The molecule has 20 heavy (non-hydrogen) atoms. The number of ketones is 1. The van der Waals surface area contributed by atoms with Crippen LogP contribution in [0.5, 0.6) is 0 Å². The van der Waals surface area contributed by atoms with Crippen LogP contribution in [0, 0.1) is 10.1 Å². The van der Waals surface area contributed by atoms with Crippen LogP contribution >= 0.6 is 0 Å². The smallest absolute Gasteiger partial charge is 0.305 e. The Hall–Kier alpha value is -2.95. The van der Waals surface area contributed by atoms with Gasteiger partial charge in [-0.15, -0.1) is 0 Å². The van der Waals surface area contributed by atoms with Crippen molar-refractivity contribution < 1.29 is 9.72 Å². The minimum atomic E-state index is -0.508. The molecule has 0 saturated heterocycles. The van der Waals surface area contributed by atoms with Gasteiger partial charge in [-0.25, -0.2) is 0 Å². The molecule has 0 radical (unpaired) electrons. The first-order chi connectivity index (χ1) is 9.68. The minimum absolute atomic E-state index is 0.104. The number of nitrogens with zero attached hydrogens (tertiary/aromatic N) is 2. The first-order valence-corrected chi connectivity index (χ1v) is 6.02. The van der Waals surface area contributed by atoms with Gasteiger partial charge in [-0.1, -0.05) is 36.4 Å². The molecule has 2 aromatic heterocycles. The van der Waals surface area contributed by atoms with Gasteiger partial charge in [0.1, 0.15) is 11.1 Å². The number of pyridine rings is 1. The fourth-order valence-electron chi connectivity index (χ4n) is 2.21. The summed E-state index contributed by atoms with van der Waals surface area (Å²) in [5, 5.41) is 11.3. The molecular formula is C15H10N2O3. The van der Waals surface area contributed by atoms with Gasteiger partial charge in [0, 0.05) is 18.0 Å². The number of rotatable bonds is 3. The van der Waals surface area contributed by atoms with Crippen molar-refractivity contribution in [2.45, 2.75) is 0 Å². The molecule has 5 nitrogen and oxygen atoms in total. The molecule has 3 aromatic rings. The monoisotopic (exact) mass is 266 g/mol. The van der Waals surface area contributed by atoms with Gasteiger partial charge >= 0.3 is 5.69 Å². The lowest BCUT2D eigenvalue weighted by atomic mass is 10.0. The second-order valence-corrected chi connectivity index (χ2v) is 4.34. The van der Waals surface area contributed by atoms with Crippen molar-refractivity contribution in [2.75, 3.05) is 0 Å². The number of aromatic nitrogens is 1. The number of fused-ring (bicyclic) bond motifs is 1. The molecule has 5 heteroatoms. The number of benzene rings is 1. The van der Waals surface area contributed by atoms with Crippen LogP contribution < -0.4 is 0 Å². The summed E-state index contributed by atoms with van der Waals surface area (Å²) in [7, 11) is 0. The first kappa shape index (κ1) is 12.1. The summed E-state index contributed by atoms with van der Waals surface area (Å²) >= 11 is 0. The van der Waals surface area contributed by atoms with E-state index in [1.165, 1.54) is 6.20 Å². The Morgan fingerprint density at radius 3 is 2.45 bits per heavy atom. The molecular weight excluding hydrogens is 256 g/mol. The van der Waals surface area contributed by atoms with Crippen molar-refractivity contribution in [1.82, 2.24) is 4.40 Å². The van der Waals surface area contributed by atoms with Gasteiger partial charge in [-0.3, -0.25) is 14.9 Å². The van der Waals surface area contributed by atoms with Gasteiger partial charge in [0.25, 0.3) is 0 Å². The molecule has 0 atom stereocenters. The van der Waals surface area contributed by atoms with E-state index in [0.717, 1.165) is 0 Å². The molecule has 0 bridgehead atoms. The quantitative estimate of drug-likeness (QED) is 0.415. The predicted octanol–water partition coefficient (Wildman–Crippen LogP) is 3.08. The van der Waals surface area contributed by atoms with E-state index in [9.17, 15) is 14.9 Å². The van der Waals surface area contributed by atoms with Gasteiger partial charge in [-0.2, -0.15) is 0 Å². The van der Waals surface area contributed by atoms with Crippen LogP contribution in [0.1, 0.15) is 15.9 Å². The van der Waals surface area contributed by atoms with Crippen LogP contribution in [-0.2, 0) is 0 Å². The fraction of sp³-hybridized carbons (Fsp3) is 0. The van der Waals surface area contributed by atoms with Crippen LogP contribution in [-0.4, -0.2) is 15.1 Å². The normalized spacial score (nSPS) is 10.6. The molecule has 0 unspecified atom stereocenters. The summed E-state index contributed by atoms with van der Waals surface area (Å²) in [6, 6.07) is 13.6. The van der Waals surface area contributed by atoms with E-state index in [-0.39, 0.29) is 17.0 Å². The zero-order valence-electron chi connectivity index (χ0n) is 10.4.